The highest BCUT2D eigenvalue weighted by atomic mass is 32.1. The van der Waals surface area contributed by atoms with E-state index in [-0.39, 0.29) is 17.7 Å². The van der Waals surface area contributed by atoms with Gasteiger partial charge < -0.3 is 21.3 Å². The van der Waals surface area contributed by atoms with Gasteiger partial charge in [-0.15, -0.1) is 0 Å². The molecule has 1 fully saturated rings. The van der Waals surface area contributed by atoms with Crippen molar-refractivity contribution in [2.75, 3.05) is 35.7 Å². The molecule has 1 aliphatic rings. The van der Waals surface area contributed by atoms with Crippen LogP contribution in [0.1, 0.15) is 18.5 Å². The van der Waals surface area contributed by atoms with Gasteiger partial charge in [-0.1, -0.05) is 11.3 Å². The monoisotopic (exact) mass is 414 g/mol. The largest absolute Gasteiger partial charge is 0.370 e. The molecule has 0 aromatic carbocycles. The number of thiazole rings is 1. The van der Waals surface area contributed by atoms with Gasteiger partial charge in [0.05, 0.1) is 28.7 Å². The van der Waals surface area contributed by atoms with Gasteiger partial charge in [-0.05, 0) is 31.9 Å². The van der Waals surface area contributed by atoms with Gasteiger partial charge in [-0.25, -0.2) is 24.3 Å². The molecule has 29 heavy (non-hydrogen) atoms. The Kier molecular flexibility index (Phi) is 5.54. The quantitative estimate of drug-likeness (QED) is 0.585. The number of nitrogens with zero attached hydrogens (tertiary/aromatic N) is 5. The lowest BCUT2D eigenvalue weighted by Gasteiger charge is -2.31. The van der Waals surface area contributed by atoms with Crippen LogP contribution >= 0.6 is 11.3 Å². The number of aromatic nitrogens is 4. The zero-order chi connectivity index (χ0) is 20.4. The van der Waals surface area contributed by atoms with Crippen LogP contribution in [0, 0.1) is 12.7 Å². The van der Waals surface area contributed by atoms with Gasteiger partial charge in [0.25, 0.3) is 0 Å². The van der Waals surface area contributed by atoms with E-state index in [9.17, 15) is 4.39 Å². The topological polar surface area (TPSA) is 105 Å². The van der Waals surface area contributed by atoms with Crippen LogP contribution in [0.4, 0.5) is 27.0 Å². The summed E-state index contributed by atoms with van der Waals surface area (Å²) in [6, 6.07) is 4.16. The zero-order valence-electron chi connectivity index (χ0n) is 16.3. The van der Waals surface area contributed by atoms with Gasteiger partial charge in [0.2, 0.25) is 5.95 Å². The van der Waals surface area contributed by atoms with Gasteiger partial charge in [0, 0.05) is 26.2 Å². The lowest BCUT2D eigenvalue weighted by atomic mass is 10.1. The van der Waals surface area contributed by atoms with Crippen LogP contribution in [-0.2, 0) is 0 Å². The molecule has 1 aliphatic heterocycles. The van der Waals surface area contributed by atoms with E-state index in [0.29, 0.717) is 21.5 Å². The molecule has 4 rings (SSSR count). The summed E-state index contributed by atoms with van der Waals surface area (Å²) >= 11 is 1.35. The maximum absolute atomic E-state index is 14.3. The number of nitrogens with two attached hydrogens (primary N) is 1. The van der Waals surface area contributed by atoms with Crippen molar-refractivity contribution in [1.82, 2.24) is 19.9 Å². The fourth-order valence-electron chi connectivity index (χ4n) is 3.23. The highest BCUT2D eigenvalue weighted by Crippen LogP contribution is 2.33. The normalized spacial score (nSPS) is 14.8. The molecule has 0 aliphatic carbocycles. The Balaban J connectivity index is 1.51. The summed E-state index contributed by atoms with van der Waals surface area (Å²) in [5.41, 5.74) is 7.96. The predicted molar refractivity (Wildman–Crippen MR) is 114 cm³/mol. The second-order valence-corrected chi connectivity index (χ2v) is 7.92. The predicted octanol–water partition coefficient (Wildman–Crippen LogP) is 3.16. The standard InChI is InChI=1S/C19H23FN8S/c1-11-17(29-19(22-2)25-11)16-14(20)10-24-18(27-16)26-15-4-3-13(9-23-15)28-7-5-12(21)6-8-28/h3-4,9-10,12H,5-8,21H2,1-2H3,(H,22,25)(H,23,24,26,27). The molecule has 152 valence electrons. The Morgan fingerprint density at radius 1 is 1.17 bits per heavy atom. The summed E-state index contributed by atoms with van der Waals surface area (Å²) in [4.78, 5) is 20.1. The SMILES string of the molecule is CNc1nc(C)c(-c2nc(Nc3ccc(N4CCC(N)CC4)cn3)ncc2F)s1. The lowest BCUT2D eigenvalue weighted by Crippen LogP contribution is -2.39. The van der Waals surface area contributed by atoms with E-state index >= 15 is 0 Å². The van der Waals surface area contributed by atoms with Gasteiger partial charge in [0.15, 0.2) is 10.9 Å². The van der Waals surface area contributed by atoms with Crippen LogP contribution in [0.25, 0.3) is 10.6 Å². The van der Waals surface area contributed by atoms with E-state index in [4.69, 9.17) is 5.73 Å². The Bertz CT molecular complexity index is 982. The molecule has 3 aromatic rings. The first-order valence-electron chi connectivity index (χ1n) is 9.45. The number of anilines is 4. The van der Waals surface area contributed by atoms with Crippen LogP contribution in [0.2, 0.25) is 0 Å². The molecule has 3 aromatic heterocycles. The van der Waals surface area contributed by atoms with Crippen molar-refractivity contribution in [3.05, 3.63) is 36.0 Å². The highest BCUT2D eigenvalue weighted by molar-refractivity contribution is 7.19. The molecule has 10 heteroatoms. The van der Waals surface area contributed by atoms with E-state index < -0.39 is 5.82 Å². The van der Waals surface area contributed by atoms with Crippen LogP contribution in [-0.4, -0.2) is 46.1 Å². The minimum Gasteiger partial charge on any atom is -0.370 e. The Morgan fingerprint density at radius 3 is 2.62 bits per heavy atom. The summed E-state index contributed by atoms with van der Waals surface area (Å²) in [5, 5.41) is 6.73. The first-order chi connectivity index (χ1) is 14.0. The zero-order valence-corrected chi connectivity index (χ0v) is 17.1. The molecule has 0 radical (unpaired) electrons. The molecular weight excluding hydrogens is 391 g/mol. The van der Waals surface area contributed by atoms with Crippen molar-refractivity contribution in [2.24, 2.45) is 5.73 Å². The third kappa shape index (κ3) is 4.28. The van der Waals surface area contributed by atoms with Crippen molar-refractivity contribution in [2.45, 2.75) is 25.8 Å². The van der Waals surface area contributed by atoms with Crippen molar-refractivity contribution >= 4 is 33.9 Å². The average Bonchev–Trinajstić information content (AvgIpc) is 3.11. The summed E-state index contributed by atoms with van der Waals surface area (Å²) in [7, 11) is 1.78. The van der Waals surface area contributed by atoms with Crippen LogP contribution in [0.15, 0.2) is 24.5 Å². The smallest absolute Gasteiger partial charge is 0.229 e. The van der Waals surface area contributed by atoms with E-state index in [1.165, 1.54) is 11.3 Å². The van der Waals surface area contributed by atoms with Crippen molar-refractivity contribution in [3.63, 3.8) is 0 Å². The van der Waals surface area contributed by atoms with Gasteiger partial charge in [-0.3, -0.25) is 0 Å². The fraction of sp³-hybridized carbons (Fsp3) is 0.368. The molecule has 0 amide bonds. The molecule has 8 nitrogen and oxygen atoms in total. The molecule has 0 unspecified atom stereocenters. The maximum atomic E-state index is 14.3. The second kappa shape index (κ2) is 8.26. The van der Waals surface area contributed by atoms with Crippen molar-refractivity contribution in [3.8, 4) is 10.6 Å². The average molecular weight is 415 g/mol. The van der Waals surface area contributed by atoms with Crippen molar-refractivity contribution in [1.29, 1.82) is 0 Å². The maximum Gasteiger partial charge on any atom is 0.229 e. The molecule has 0 spiro atoms. The number of halogens is 1. The minimum absolute atomic E-state index is 0.222. The van der Waals surface area contributed by atoms with E-state index in [0.717, 1.165) is 37.8 Å². The van der Waals surface area contributed by atoms with Crippen LogP contribution in [0.5, 0.6) is 0 Å². The number of pyridine rings is 1. The number of hydrogen-bond donors (Lipinski definition) is 3. The Labute approximate surface area is 172 Å². The van der Waals surface area contributed by atoms with Crippen LogP contribution in [0.3, 0.4) is 0 Å². The minimum atomic E-state index is -0.489. The number of nitrogens with one attached hydrogen (secondary N) is 2. The first kappa shape index (κ1) is 19.5. The summed E-state index contributed by atoms with van der Waals surface area (Å²) in [5.74, 6) is 0.387. The third-order valence-electron chi connectivity index (χ3n) is 4.86. The summed E-state index contributed by atoms with van der Waals surface area (Å²) < 4.78 is 14.3. The first-order valence-corrected chi connectivity index (χ1v) is 10.3. The molecule has 0 bridgehead atoms. The van der Waals surface area contributed by atoms with E-state index in [1.54, 1.807) is 7.05 Å². The molecule has 0 atom stereocenters. The molecule has 1 saturated heterocycles. The number of hydrogen-bond acceptors (Lipinski definition) is 9. The highest BCUT2D eigenvalue weighted by Gasteiger charge is 2.18. The summed E-state index contributed by atoms with van der Waals surface area (Å²) in [6.07, 6.45) is 4.95. The third-order valence-corrected chi connectivity index (χ3v) is 6.04. The number of rotatable bonds is 5. The number of aryl methyl sites for hydroxylation is 1. The van der Waals surface area contributed by atoms with Gasteiger partial charge in [-0.2, -0.15) is 0 Å². The number of piperidine rings is 1. The van der Waals surface area contributed by atoms with Crippen LogP contribution < -0.4 is 21.3 Å². The van der Waals surface area contributed by atoms with Gasteiger partial charge >= 0.3 is 0 Å². The summed E-state index contributed by atoms with van der Waals surface area (Å²) in [6.45, 7) is 3.70. The second-order valence-electron chi connectivity index (χ2n) is 6.92. The van der Waals surface area contributed by atoms with E-state index in [2.05, 4.69) is 35.5 Å². The fourth-order valence-corrected chi connectivity index (χ4v) is 4.14. The Morgan fingerprint density at radius 2 is 1.97 bits per heavy atom. The van der Waals surface area contributed by atoms with Crippen molar-refractivity contribution < 1.29 is 4.39 Å². The molecule has 0 saturated carbocycles. The van der Waals surface area contributed by atoms with E-state index in [1.807, 2.05) is 25.3 Å². The Hall–Kier alpha value is -2.85. The molecule has 4 N–H and O–H groups in total. The molecule has 4 heterocycles. The molecular formula is C19H23FN8S. The lowest BCUT2D eigenvalue weighted by molar-refractivity contribution is 0.501. The van der Waals surface area contributed by atoms with Gasteiger partial charge in [0.1, 0.15) is 11.5 Å².